The van der Waals surface area contributed by atoms with Gasteiger partial charge in [0, 0.05) is 0 Å². The van der Waals surface area contributed by atoms with Crippen LogP contribution in [-0.4, -0.2) is 33.5 Å². The van der Waals surface area contributed by atoms with Crippen LogP contribution < -0.4 is 0 Å². The lowest BCUT2D eigenvalue weighted by Gasteiger charge is -2.31. The van der Waals surface area contributed by atoms with Gasteiger partial charge in [0.05, 0.1) is 25.1 Å². The predicted molar refractivity (Wildman–Crippen MR) is 53.5 cm³/mol. The van der Waals surface area contributed by atoms with Gasteiger partial charge < -0.3 is 4.74 Å². The molecule has 0 aromatic heterocycles. The molecular weight excluding hydrogens is 204 g/mol. The highest BCUT2D eigenvalue weighted by Crippen LogP contribution is 2.24. The summed E-state index contributed by atoms with van der Waals surface area (Å²) in [6.07, 6.45) is 3.09. The van der Waals surface area contributed by atoms with Crippen LogP contribution in [0, 0.1) is 5.92 Å². The zero-order chi connectivity index (χ0) is 10.8. The minimum absolute atomic E-state index is 0.0801. The van der Waals surface area contributed by atoms with Crippen LogP contribution in [0.4, 0.5) is 0 Å². The molecule has 0 spiro atoms. The molecule has 1 aliphatic heterocycles. The summed E-state index contributed by atoms with van der Waals surface area (Å²) < 4.78 is 31.8. The molecule has 1 rings (SSSR count). The fourth-order valence-electron chi connectivity index (χ4n) is 1.86. The van der Waals surface area contributed by atoms with Crippen molar-refractivity contribution in [2.24, 2.45) is 5.92 Å². The molecule has 1 unspecified atom stereocenters. The number of rotatable bonds is 3. The summed E-state index contributed by atoms with van der Waals surface area (Å²) in [5.41, 5.74) is 0. The van der Waals surface area contributed by atoms with Crippen LogP contribution in [0.15, 0.2) is 0 Å². The first-order chi connectivity index (χ1) is 6.37. The van der Waals surface area contributed by atoms with Gasteiger partial charge >= 0.3 is 0 Å². The SMILES string of the molecule is CC1C[C@@H](C)C[C@H](COS(C)(=O)=O)O1. The van der Waals surface area contributed by atoms with Crippen LogP contribution in [-0.2, 0) is 19.0 Å². The zero-order valence-electron chi connectivity index (χ0n) is 8.89. The van der Waals surface area contributed by atoms with Crippen LogP contribution in [0.5, 0.6) is 0 Å². The van der Waals surface area contributed by atoms with E-state index in [0.717, 1.165) is 19.1 Å². The first-order valence-corrected chi connectivity index (χ1v) is 6.68. The van der Waals surface area contributed by atoms with Gasteiger partial charge in [-0.1, -0.05) is 6.92 Å². The molecule has 0 radical (unpaired) electrons. The second kappa shape index (κ2) is 4.59. The monoisotopic (exact) mass is 222 g/mol. The standard InChI is InChI=1S/C9H18O4S/c1-7-4-8(2)13-9(5-7)6-12-14(3,10)11/h7-9H,4-6H2,1-3H3/t7-,8?,9-/m1/s1. The Bertz CT molecular complexity index is 263. The smallest absolute Gasteiger partial charge is 0.264 e. The highest BCUT2D eigenvalue weighted by molar-refractivity contribution is 7.85. The Labute approximate surface area is 85.7 Å². The highest BCUT2D eigenvalue weighted by Gasteiger charge is 2.25. The zero-order valence-corrected chi connectivity index (χ0v) is 9.71. The van der Waals surface area contributed by atoms with Crippen molar-refractivity contribution < 1.29 is 17.3 Å². The molecule has 5 heteroatoms. The van der Waals surface area contributed by atoms with Gasteiger partial charge in [0.2, 0.25) is 0 Å². The maximum Gasteiger partial charge on any atom is 0.264 e. The maximum atomic E-state index is 10.8. The Kier molecular flexibility index (Phi) is 3.92. The van der Waals surface area contributed by atoms with Crippen molar-refractivity contribution in [1.82, 2.24) is 0 Å². The fraction of sp³-hybridized carbons (Fsp3) is 1.00. The van der Waals surface area contributed by atoms with E-state index < -0.39 is 10.1 Å². The van der Waals surface area contributed by atoms with E-state index in [1.807, 2.05) is 6.92 Å². The molecule has 14 heavy (non-hydrogen) atoms. The molecule has 0 N–H and O–H groups in total. The summed E-state index contributed by atoms with van der Waals surface area (Å²) in [5, 5.41) is 0. The summed E-state index contributed by atoms with van der Waals surface area (Å²) >= 11 is 0. The van der Waals surface area contributed by atoms with Crippen molar-refractivity contribution in [2.75, 3.05) is 12.9 Å². The Hall–Kier alpha value is -0.130. The lowest BCUT2D eigenvalue weighted by Crippen LogP contribution is -2.33. The summed E-state index contributed by atoms with van der Waals surface area (Å²) in [7, 11) is -3.34. The molecule has 84 valence electrons. The average molecular weight is 222 g/mol. The van der Waals surface area contributed by atoms with E-state index in [4.69, 9.17) is 8.92 Å². The van der Waals surface area contributed by atoms with E-state index in [1.54, 1.807) is 0 Å². The lowest BCUT2D eigenvalue weighted by molar-refractivity contribution is -0.0745. The molecule has 0 aliphatic carbocycles. The second-order valence-corrected chi connectivity index (χ2v) is 5.78. The minimum Gasteiger partial charge on any atom is -0.373 e. The third kappa shape index (κ3) is 4.39. The molecule has 0 aromatic carbocycles. The molecule has 0 saturated carbocycles. The van der Waals surface area contributed by atoms with E-state index >= 15 is 0 Å². The van der Waals surface area contributed by atoms with Gasteiger partial charge in [-0.25, -0.2) is 0 Å². The Morgan fingerprint density at radius 3 is 2.50 bits per heavy atom. The molecule has 1 fully saturated rings. The number of hydrogen-bond acceptors (Lipinski definition) is 4. The van der Waals surface area contributed by atoms with Crippen molar-refractivity contribution in [1.29, 1.82) is 0 Å². The molecule has 0 bridgehead atoms. The number of hydrogen-bond donors (Lipinski definition) is 0. The fourth-order valence-corrected chi connectivity index (χ4v) is 2.26. The van der Waals surface area contributed by atoms with E-state index in [9.17, 15) is 8.42 Å². The second-order valence-electron chi connectivity index (χ2n) is 4.13. The topological polar surface area (TPSA) is 52.6 Å². The van der Waals surface area contributed by atoms with Crippen molar-refractivity contribution >= 4 is 10.1 Å². The van der Waals surface area contributed by atoms with Gasteiger partial charge in [0.1, 0.15) is 0 Å². The van der Waals surface area contributed by atoms with Crippen LogP contribution >= 0.6 is 0 Å². The van der Waals surface area contributed by atoms with Crippen LogP contribution in [0.25, 0.3) is 0 Å². The molecular formula is C9H18O4S. The Morgan fingerprint density at radius 1 is 1.36 bits per heavy atom. The predicted octanol–water partition coefficient (Wildman–Crippen LogP) is 1.17. The third-order valence-corrected chi connectivity index (χ3v) is 2.86. The van der Waals surface area contributed by atoms with Gasteiger partial charge in [-0.15, -0.1) is 0 Å². The molecule has 0 amide bonds. The number of ether oxygens (including phenoxy) is 1. The Morgan fingerprint density at radius 2 is 2.00 bits per heavy atom. The Balaban J connectivity index is 2.38. The largest absolute Gasteiger partial charge is 0.373 e. The van der Waals surface area contributed by atoms with Gasteiger partial charge in [-0.3, -0.25) is 4.18 Å². The summed E-state index contributed by atoms with van der Waals surface area (Å²) in [6, 6.07) is 0. The van der Waals surface area contributed by atoms with Gasteiger partial charge in [-0.05, 0) is 25.7 Å². The normalized spacial score (nSPS) is 34.4. The van der Waals surface area contributed by atoms with E-state index in [-0.39, 0.29) is 18.8 Å². The van der Waals surface area contributed by atoms with E-state index in [0.29, 0.717) is 5.92 Å². The summed E-state index contributed by atoms with van der Waals surface area (Å²) in [5.74, 6) is 0.576. The van der Waals surface area contributed by atoms with Crippen molar-refractivity contribution in [3.63, 3.8) is 0 Å². The first-order valence-electron chi connectivity index (χ1n) is 4.86. The maximum absolute atomic E-state index is 10.8. The molecule has 1 saturated heterocycles. The highest BCUT2D eigenvalue weighted by atomic mass is 32.2. The summed E-state index contributed by atoms with van der Waals surface area (Å²) in [6.45, 7) is 4.29. The van der Waals surface area contributed by atoms with Crippen LogP contribution in [0.2, 0.25) is 0 Å². The van der Waals surface area contributed by atoms with Crippen LogP contribution in [0.3, 0.4) is 0 Å². The van der Waals surface area contributed by atoms with Crippen LogP contribution in [0.1, 0.15) is 26.7 Å². The van der Waals surface area contributed by atoms with E-state index in [1.165, 1.54) is 0 Å². The molecule has 4 nitrogen and oxygen atoms in total. The molecule has 1 heterocycles. The molecule has 1 aliphatic rings. The van der Waals surface area contributed by atoms with Crippen molar-refractivity contribution in [2.45, 2.75) is 38.9 Å². The van der Waals surface area contributed by atoms with Crippen molar-refractivity contribution in [3.8, 4) is 0 Å². The average Bonchev–Trinajstić information content (AvgIpc) is 1.97. The summed E-state index contributed by atoms with van der Waals surface area (Å²) in [4.78, 5) is 0. The quantitative estimate of drug-likeness (QED) is 0.673. The van der Waals surface area contributed by atoms with E-state index in [2.05, 4.69) is 6.92 Å². The molecule has 3 atom stereocenters. The first kappa shape index (κ1) is 11.9. The van der Waals surface area contributed by atoms with Gasteiger partial charge in [0.25, 0.3) is 10.1 Å². The molecule has 0 aromatic rings. The minimum atomic E-state index is -3.34. The lowest BCUT2D eigenvalue weighted by atomic mass is 9.94. The van der Waals surface area contributed by atoms with Crippen molar-refractivity contribution in [3.05, 3.63) is 0 Å². The third-order valence-electron chi connectivity index (χ3n) is 2.29. The van der Waals surface area contributed by atoms with Gasteiger partial charge in [-0.2, -0.15) is 8.42 Å². The van der Waals surface area contributed by atoms with Gasteiger partial charge in [0.15, 0.2) is 0 Å².